The van der Waals surface area contributed by atoms with Gasteiger partial charge in [0.05, 0.1) is 11.6 Å². The predicted molar refractivity (Wildman–Crippen MR) is 91.5 cm³/mol. The number of aromatic nitrogens is 1. The Morgan fingerprint density at radius 1 is 1.17 bits per heavy atom. The molecule has 1 saturated heterocycles. The van der Waals surface area contributed by atoms with Crippen molar-refractivity contribution in [3.8, 4) is 6.07 Å². The summed E-state index contributed by atoms with van der Waals surface area (Å²) in [6, 6.07) is 12.9. The molecular weight excluding hydrogens is 324 g/mol. The number of amides is 1. The minimum absolute atomic E-state index is 0.0194. The molecule has 0 aliphatic carbocycles. The predicted octanol–water partition coefficient (Wildman–Crippen LogP) is 2.76. The molecule has 1 aromatic heterocycles. The fourth-order valence-electron chi connectivity index (χ4n) is 2.90. The zero-order valence-corrected chi connectivity index (χ0v) is 13.9. The van der Waals surface area contributed by atoms with E-state index in [2.05, 4.69) is 16.0 Å². The van der Waals surface area contributed by atoms with Crippen LogP contribution < -0.4 is 0 Å². The zero-order valence-electron chi connectivity index (χ0n) is 13.1. The number of hydrogen-bond donors (Lipinski definition) is 0. The molecule has 0 radical (unpaired) electrons. The van der Waals surface area contributed by atoms with Crippen LogP contribution in [-0.2, 0) is 0 Å². The molecule has 0 bridgehead atoms. The van der Waals surface area contributed by atoms with E-state index in [1.54, 1.807) is 35.5 Å². The van der Waals surface area contributed by atoms with Crippen LogP contribution in [0.3, 0.4) is 0 Å². The molecule has 1 aliphatic rings. The Bertz CT molecular complexity index is 751. The highest BCUT2D eigenvalue weighted by Crippen LogP contribution is 2.27. The summed E-state index contributed by atoms with van der Waals surface area (Å²) in [7, 11) is 0. The number of pyridine rings is 1. The van der Waals surface area contributed by atoms with Crippen LogP contribution in [0.4, 0.5) is 0 Å². The van der Waals surface area contributed by atoms with Crippen molar-refractivity contribution in [2.24, 2.45) is 0 Å². The first-order valence-corrected chi connectivity index (χ1v) is 8.16. The van der Waals surface area contributed by atoms with Crippen LogP contribution in [-0.4, -0.2) is 46.9 Å². The summed E-state index contributed by atoms with van der Waals surface area (Å²) in [6.07, 6.45) is 3.23. The summed E-state index contributed by atoms with van der Waals surface area (Å²) in [6.45, 7) is 2.43. The van der Waals surface area contributed by atoms with Gasteiger partial charge in [-0.2, -0.15) is 5.26 Å². The van der Waals surface area contributed by atoms with Crippen molar-refractivity contribution >= 4 is 17.5 Å². The molecule has 5 nitrogen and oxygen atoms in total. The third-order valence-electron chi connectivity index (χ3n) is 4.20. The third-order valence-corrected chi connectivity index (χ3v) is 4.54. The highest BCUT2D eigenvalue weighted by Gasteiger charge is 2.28. The molecule has 0 N–H and O–H groups in total. The van der Waals surface area contributed by atoms with Gasteiger partial charge in [0.25, 0.3) is 5.91 Å². The Hall–Kier alpha value is -2.42. The van der Waals surface area contributed by atoms with Crippen LogP contribution in [0.5, 0.6) is 0 Å². The van der Waals surface area contributed by atoms with Gasteiger partial charge < -0.3 is 4.90 Å². The first kappa shape index (κ1) is 16.4. The molecule has 1 fully saturated rings. The Morgan fingerprint density at radius 3 is 2.54 bits per heavy atom. The monoisotopic (exact) mass is 340 g/mol. The quantitative estimate of drug-likeness (QED) is 0.862. The number of halogens is 1. The van der Waals surface area contributed by atoms with Gasteiger partial charge in [0.15, 0.2) is 0 Å². The van der Waals surface area contributed by atoms with E-state index in [0.717, 1.165) is 5.56 Å². The summed E-state index contributed by atoms with van der Waals surface area (Å²) in [5.41, 5.74) is 1.41. The molecule has 3 rings (SSSR count). The number of benzene rings is 1. The van der Waals surface area contributed by atoms with Gasteiger partial charge in [-0.05, 0) is 18.2 Å². The van der Waals surface area contributed by atoms with Crippen LogP contribution in [0.15, 0.2) is 48.8 Å². The Balaban J connectivity index is 1.67. The van der Waals surface area contributed by atoms with Gasteiger partial charge in [-0.25, -0.2) is 0 Å². The van der Waals surface area contributed by atoms with Gasteiger partial charge in [-0.1, -0.05) is 29.8 Å². The average molecular weight is 341 g/mol. The molecule has 6 heteroatoms. The second kappa shape index (κ2) is 7.43. The van der Waals surface area contributed by atoms with Crippen molar-refractivity contribution in [2.45, 2.75) is 6.04 Å². The highest BCUT2D eigenvalue weighted by molar-refractivity contribution is 6.31. The van der Waals surface area contributed by atoms with Crippen molar-refractivity contribution in [3.63, 3.8) is 0 Å². The standard InChI is InChI=1S/C18H17ClN4O/c19-16-6-2-1-5-15(16)17(12-20)22-8-10-23(11-9-22)18(24)14-4-3-7-21-13-14/h1-7,13,17H,8-11H2. The van der Waals surface area contributed by atoms with Crippen LogP contribution in [0.25, 0.3) is 0 Å². The average Bonchev–Trinajstić information content (AvgIpc) is 2.64. The highest BCUT2D eigenvalue weighted by atomic mass is 35.5. The normalized spacial score (nSPS) is 16.4. The van der Waals surface area contributed by atoms with Gasteiger partial charge in [0.2, 0.25) is 0 Å². The summed E-state index contributed by atoms with van der Waals surface area (Å²) < 4.78 is 0. The fraction of sp³-hybridized carbons (Fsp3) is 0.278. The molecule has 1 atom stereocenters. The van der Waals surface area contributed by atoms with E-state index in [4.69, 9.17) is 11.6 Å². The summed E-state index contributed by atoms with van der Waals surface area (Å²) in [5.74, 6) is -0.0194. The number of hydrogen-bond acceptors (Lipinski definition) is 4. The van der Waals surface area contributed by atoms with Crippen LogP contribution in [0.2, 0.25) is 5.02 Å². The number of piperazine rings is 1. The number of nitrogens with zero attached hydrogens (tertiary/aromatic N) is 4. The molecule has 122 valence electrons. The fourth-order valence-corrected chi connectivity index (χ4v) is 3.14. The van der Waals surface area contributed by atoms with E-state index in [0.29, 0.717) is 36.8 Å². The molecule has 2 aromatic rings. The summed E-state index contributed by atoms with van der Waals surface area (Å²) in [5, 5.41) is 10.2. The van der Waals surface area contributed by atoms with E-state index in [1.807, 2.05) is 18.2 Å². The molecule has 1 unspecified atom stereocenters. The van der Waals surface area contributed by atoms with Crippen molar-refractivity contribution in [1.29, 1.82) is 5.26 Å². The molecule has 24 heavy (non-hydrogen) atoms. The second-order valence-electron chi connectivity index (χ2n) is 5.62. The van der Waals surface area contributed by atoms with Crippen LogP contribution in [0.1, 0.15) is 22.0 Å². The van der Waals surface area contributed by atoms with Crippen LogP contribution >= 0.6 is 11.6 Å². The lowest BCUT2D eigenvalue weighted by Crippen LogP contribution is -2.49. The number of carbonyl (C=O) groups excluding carboxylic acids is 1. The van der Waals surface area contributed by atoms with Crippen LogP contribution in [0, 0.1) is 11.3 Å². The van der Waals surface area contributed by atoms with Crippen molar-refractivity contribution < 1.29 is 4.79 Å². The zero-order chi connectivity index (χ0) is 16.9. The maximum atomic E-state index is 12.5. The number of rotatable bonds is 3. The molecule has 1 amide bonds. The van der Waals surface area contributed by atoms with E-state index in [-0.39, 0.29) is 5.91 Å². The van der Waals surface area contributed by atoms with Gasteiger partial charge in [-0.3, -0.25) is 14.7 Å². The van der Waals surface area contributed by atoms with Crippen molar-refractivity contribution in [2.75, 3.05) is 26.2 Å². The van der Waals surface area contributed by atoms with E-state index < -0.39 is 6.04 Å². The largest absolute Gasteiger partial charge is 0.336 e. The summed E-state index contributed by atoms with van der Waals surface area (Å²) >= 11 is 6.23. The molecule has 0 saturated carbocycles. The maximum absolute atomic E-state index is 12.5. The maximum Gasteiger partial charge on any atom is 0.255 e. The van der Waals surface area contributed by atoms with Gasteiger partial charge >= 0.3 is 0 Å². The van der Waals surface area contributed by atoms with Gasteiger partial charge in [0, 0.05) is 49.2 Å². The molecule has 0 spiro atoms. The Labute approximate surface area is 146 Å². The van der Waals surface area contributed by atoms with Crippen molar-refractivity contribution in [1.82, 2.24) is 14.8 Å². The smallest absolute Gasteiger partial charge is 0.255 e. The number of carbonyl (C=O) groups is 1. The summed E-state index contributed by atoms with van der Waals surface area (Å²) in [4.78, 5) is 20.3. The Kier molecular flexibility index (Phi) is 5.09. The van der Waals surface area contributed by atoms with E-state index >= 15 is 0 Å². The first-order chi connectivity index (χ1) is 11.7. The molecule has 2 heterocycles. The topological polar surface area (TPSA) is 60.2 Å². The van der Waals surface area contributed by atoms with Gasteiger partial charge in [0.1, 0.15) is 6.04 Å². The lowest BCUT2D eigenvalue weighted by atomic mass is 10.1. The number of nitriles is 1. The minimum Gasteiger partial charge on any atom is -0.336 e. The van der Waals surface area contributed by atoms with E-state index in [9.17, 15) is 10.1 Å². The van der Waals surface area contributed by atoms with Gasteiger partial charge in [-0.15, -0.1) is 0 Å². The molecular formula is C18H17ClN4O. The molecule has 1 aliphatic heterocycles. The molecule has 1 aromatic carbocycles. The van der Waals surface area contributed by atoms with Crippen molar-refractivity contribution in [3.05, 3.63) is 64.9 Å². The Morgan fingerprint density at radius 2 is 1.92 bits per heavy atom. The van der Waals surface area contributed by atoms with E-state index in [1.165, 1.54) is 0 Å². The third kappa shape index (κ3) is 3.40. The lowest BCUT2D eigenvalue weighted by molar-refractivity contribution is 0.0606. The minimum atomic E-state index is -0.394. The first-order valence-electron chi connectivity index (χ1n) is 7.78. The lowest BCUT2D eigenvalue weighted by Gasteiger charge is -2.37. The second-order valence-corrected chi connectivity index (χ2v) is 6.03. The SMILES string of the molecule is N#CC(c1ccccc1Cl)N1CCN(C(=O)c2cccnc2)CC1.